The molecule has 0 unspecified atom stereocenters. The van der Waals surface area contributed by atoms with E-state index in [0.29, 0.717) is 30.8 Å². The first-order valence-electron chi connectivity index (χ1n) is 9.46. The fourth-order valence-electron chi connectivity index (χ4n) is 3.75. The molecule has 3 aromatic rings. The van der Waals surface area contributed by atoms with Crippen LogP contribution in [0.1, 0.15) is 37.8 Å². The molecule has 1 aromatic carbocycles. The third-order valence-electron chi connectivity index (χ3n) is 5.00. The number of aromatic nitrogens is 4. The summed E-state index contributed by atoms with van der Waals surface area (Å²) in [6.07, 6.45) is 3.54. The normalized spacial score (nSPS) is 15.0. The van der Waals surface area contributed by atoms with Gasteiger partial charge in [-0.3, -0.25) is 0 Å². The van der Waals surface area contributed by atoms with Gasteiger partial charge in [-0.25, -0.2) is 14.5 Å². The van der Waals surface area contributed by atoms with E-state index < -0.39 is 11.7 Å². The van der Waals surface area contributed by atoms with Crippen LogP contribution in [-0.4, -0.2) is 20.7 Å². The maximum atomic E-state index is 13.1. The summed E-state index contributed by atoms with van der Waals surface area (Å²) in [5, 5.41) is 0. The molecule has 1 aliphatic carbocycles. The van der Waals surface area contributed by atoms with Crippen LogP contribution in [0.5, 0.6) is 0 Å². The highest BCUT2D eigenvalue weighted by atomic mass is 19.4. The topological polar surface area (TPSA) is 37.5 Å². The number of alkyl halides is 3. The van der Waals surface area contributed by atoms with Crippen molar-refractivity contribution in [2.75, 3.05) is 0 Å². The monoisotopic (exact) mass is 387 g/mol. The number of para-hydroxylation sites is 2. The molecule has 2 heterocycles. The Morgan fingerprint density at radius 2 is 2.07 bits per heavy atom. The number of rotatable bonds is 5. The van der Waals surface area contributed by atoms with Crippen LogP contribution < -0.4 is 4.57 Å². The maximum Gasteiger partial charge on any atom is 0.416 e. The van der Waals surface area contributed by atoms with Gasteiger partial charge in [-0.1, -0.05) is 25.1 Å². The molecule has 4 nitrogen and oxygen atoms in total. The van der Waals surface area contributed by atoms with E-state index in [9.17, 15) is 13.2 Å². The minimum absolute atomic E-state index is 0.371. The third kappa shape index (κ3) is 3.48. The predicted octanol–water partition coefficient (Wildman–Crippen LogP) is 4.78. The van der Waals surface area contributed by atoms with Crippen LogP contribution in [0, 0.1) is 0 Å². The zero-order valence-corrected chi connectivity index (χ0v) is 15.6. The van der Waals surface area contributed by atoms with Gasteiger partial charge in [0.15, 0.2) is 11.0 Å². The average molecular weight is 387 g/mol. The van der Waals surface area contributed by atoms with Gasteiger partial charge in [-0.15, -0.1) is 0 Å². The minimum atomic E-state index is -4.33. The van der Waals surface area contributed by atoms with Crippen LogP contribution in [-0.2, 0) is 13.1 Å². The number of H-pyrrole nitrogens is 1. The lowest BCUT2D eigenvalue weighted by atomic mass is 9.98. The van der Waals surface area contributed by atoms with Crippen molar-refractivity contribution >= 4 is 16.6 Å². The second kappa shape index (κ2) is 7.30. The Labute approximate surface area is 161 Å². The van der Waals surface area contributed by atoms with Crippen molar-refractivity contribution in [1.29, 1.82) is 0 Å². The first kappa shape index (κ1) is 18.5. The van der Waals surface area contributed by atoms with Crippen LogP contribution in [0.4, 0.5) is 13.2 Å². The molecule has 0 amide bonds. The fourth-order valence-corrected chi connectivity index (χ4v) is 3.75. The standard InChI is InChI=1S/C21H21F3N4/c1-2-11-28-18-9-4-3-8-17(18)26-19(28)14-27-12-10-25-20(27)15-6-5-7-16(13-15)21(22,23)24/h3-4,7-10,12-13H,2,5-6,11,14H2,1H3/p+1. The molecule has 0 atom stereocenters. The number of nitrogens with zero attached hydrogens (tertiary/aromatic N) is 3. The van der Waals surface area contributed by atoms with Gasteiger partial charge in [-0.2, -0.15) is 13.2 Å². The summed E-state index contributed by atoms with van der Waals surface area (Å²) in [6, 6.07) is 8.10. The van der Waals surface area contributed by atoms with Crippen molar-refractivity contribution in [1.82, 2.24) is 14.5 Å². The Morgan fingerprint density at radius 3 is 2.86 bits per heavy atom. The molecule has 0 bridgehead atoms. The number of imidazole rings is 2. The molecule has 0 spiro atoms. The van der Waals surface area contributed by atoms with Crippen LogP contribution >= 0.6 is 0 Å². The van der Waals surface area contributed by atoms with Gasteiger partial charge in [0.2, 0.25) is 0 Å². The first-order valence-corrected chi connectivity index (χ1v) is 9.46. The second-order valence-corrected chi connectivity index (χ2v) is 6.98. The molecule has 0 saturated carbocycles. The van der Waals surface area contributed by atoms with Crippen LogP contribution in [0.25, 0.3) is 16.6 Å². The number of fused-ring (bicyclic) bond motifs is 1. The average Bonchev–Trinajstić information content (AvgIpc) is 3.27. The molecular weight excluding hydrogens is 365 g/mol. The van der Waals surface area contributed by atoms with Crippen LogP contribution in [0.15, 0.2) is 54.4 Å². The predicted molar refractivity (Wildman–Crippen MR) is 101 cm³/mol. The molecule has 0 fully saturated rings. The molecule has 146 valence electrons. The van der Waals surface area contributed by atoms with Crippen LogP contribution in [0.2, 0.25) is 0 Å². The van der Waals surface area contributed by atoms with E-state index in [4.69, 9.17) is 0 Å². The molecule has 28 heavy (non-hydrogen) atoms. The van der Waals surface area contributed by atoms with Gasteiger partial charge in [0.25, 0.3) is 5.82 Å². The summed E-state index contributed by atoms with van der Waals surface area (Å²) in [5.41, 5.74) is 2.21. The zero-order chi connectivity index (χ0) is 19.7. The Hall–Kier alpha value is -2.83. The Morgan fingerprint density at radius 1 is 1.25 bits per heavy atom. The number of aromatic amines is 1. The van der Waals surface area contributed by atoms with Crippen molar-refractivity contribution in [3.63, 3.8) is 0 Å². The summed E-state index contributed by atoms with van der Waals surface area (Å²) in [4.78, 5) is 7.81. The highest BCUT2D eigenvalue weighted by Gasteiger charge is 2.33. The number of allylic oxidation sites excluding steroid dienone is 4. The number of nitrogens with one attached hydrogen (secondary N) is 1. The zero-order valence-electron chi connectivity index (χ0n) is 15.6. The van der Waals surface area contributed by atoms with E-state index in [2.05, 4.69) is 27.5 Å². The van der Waals surface area contributed by atoms with Crippen molar-refractivity contribution in [2.24, 2.45) is 0 Å². The molecule has 0 saturated heterocycles. The fraction of sp³-hybridized carbons (Fsp3) is 0.333. The lowest BCUT2D eigenvalue weighted by Crippen LogP contribution is -2.37. The summed E-state index contributed by atoms with van der Waals surface area (Å²) in [5.74, 6) is 1.60. The highest BCUT2D eigenvalue weighted by Crippen LogP contribution is 2.34. The van der Waals surface area contributed by atoms with E-state index in [0.717, 1.165) is 29.8 Å². The van der Waals surface area contributed by atoms with Gasteiger partial charge < -0.3 is 4.57 Å². The first-order chi connectivity index (χ1) is 13.5. The van der Waals surface area contributed by atoms with E-state index in [1.54, 1.807) is 6.20 Å². The smallest absolute Gasteiger partial charge is 0.319 e. The largest absolute Gasteiger partial charge is 0.416 e. The lowest BCUT2D eigenvalue weighted by Gasteiger charge is -2.16. The number of hydrogen-bond donors (Lipinski definition) is 1. The lowest BCUT2D eigenvalue weighted by molar-refractivity contribution is -0.679. The van der Waals surface area contributed by atoms with Gasteiger partial charge >= 0.3 is 6.18 Å². The van der Waals surface area contributed by atoms with Crippen molar-refractivity contribution < 1.29 is 17.7 Å². The quantitative estimate of drug-likeness (QED) is 0.629. The summed E-state index contributed by atoms with van der Waals surface area (Å²) >= 11 is 0. The molecule has 1 aliphatic rings. The number of benzene rings is 1. The van der Waals surface area contributed by atoms with Gasteiger partial charge in [-0.05, 0) is 43.0 Å². The molecule has 2 aromatic heterocycles. The second-order valence-electron chi connectivity index (χ2n) is 6.98. The summed E-state index contributed by atoms with van der Waals surface area (Å²) < 4.78 is 43.5. The van der Waals surface area contributed by atoms with Crippen molar-refractivity contribution in [2.45, 2.75) is 45.5 Å². The minimum Gasteiger partial charge on any atom is -0.319 e. The summed E-state index contributed by atoms with van der Waals surface area (Å²) in [6.45, 7) is 3.51. The van der Waals surface area contributed by atoms with Crippen molar-refractivity contribution in [3.05, 3.63) is 66.0 Å². The maximum absolute atomic E-state index is 13.1. The number of aryl methyl sites for hydroxylation is 1. The van der Waals surface area contributed by atoms with E-state index in [1.807, 2.05) is 29.0 Å². The number of halogens is 3. The van der Waals surface area contributed by atoms with Gasteiger partial charge in [0.1, 0.15) is 12.4 Å². The molecule has 7 heteroatoms. The highest BCUT2D eigenvalue weighted by molar-refractivity contribution is 5.71. The third-order valence-corrected chi connectivity index (χ3v) is 5.00. The Bertz CT molecular complexity index is 1050. The molecule has 0 radical (unpaired) electrons. The van der Waals surface area contributed by atoms with Gasteiger partial charge in [0, 0.05) is 12.4 Å². The van der Waals surface area contributed by atoms with Gasteiger partial charge in [0.05, 0.1) is 12.1 Å². The molecule has 4 rings (SSSR count). The SMILES string of the molecule is CCC[n+]1c(Cn2ccnc2C2=CC(C(F)(F)F)=CCC2)[nH]c2ccccc21. The van der Waals surface area contributed by atoms with Crippen LogP contribution in [0.3, 0.4) is 0 Å². The Kier molecular flexibility index (Phi) is 4.83. The molecular formula is C21H22F3N4+. The Balaban J connectivity index is 1.70. The van der Waals surface area contributed by atoms with E-state index >= 15 is 0 Å². The van der Waals surface area contributed by atoms with E-state index in [-0.39, 0.29) is 0 Å². The van der Waals surface area contributed by atoms with Crippen molar-refractivity contribution in [3.8, 4) is 0 Å². The summed E-state index contributed by atoms with van der Waals surface area (Å²) in [7, 11) is 0. The molecule has 1 N–H and O–H groups in total. The number of hydrogen-bond acceptors (Lipinski definition) is 1. The van der Waals surface area contributed by atoms with E-state index in [1.165, 1.54) is 12.2 Å². The molecule has 0 aliphatic heterocycles.